The van der Waals surface area contributed by atoms with E-state index in [0.717, 1.165) is 31.5 Å². The van der Waals surface area contributed by atoms with Gasteiger partial charge in [0.05, 0.1) is 13.2 Å². The highest BCUT2D eigenvalue weighted by Crippen LogP contribution is 2.24. The van der Waals surface area contributed by atoms with Crippen molar-refractivity contribution in [1.29, 1.82) is 0 Å². The van der Waals surface area contributed by atoms with Gasteiger partial charge >= 0.3 is 0 Å². The Balaban J connectivity index is 1.33. The topological polar surface area (TPSA) is 41.6 Å². The van der Waals surface area contributed by atoms with Crippen LogP contribution in [0.3, 0.4) is 0 Å². The number of nitrogens with one attached hydrogen (secondary N) is 1. The van der Waals surface area contributed by atoms with E-state index in [9.17, 15) is 9.18 Å². The summed E-state index contributed by atoms with van der Waals surface area (Å²) in [5.41, 5.74) is 1.65. The summed E-state index contributed by atoms with van der Waals surface area (Å²) in [5.74, 6) is -0.198. The molecule has 0 bridgehead atoms. The molecule has 6 heteroatoms. The lowest BCUT2D eigenvalue weighted by molar-refractivity contribution is -0.126. The summed E-state index contributed by atoms with van der Waals surface area (Å²) in [7, 11) is 0. The lowest BCUT2D eigenvalue weighted by Gasteiger charge is -2.31. The molecular weight excluding hydrogens is 379 g/mol. The lowest BCUT2D eigenvalue weighted by atomic mass is 9.95. The lowest BCUT2D eigenvalue weighted by Crippen LogP contribution is -2.41. The average molecular weight is 405 g/mol. The fraction of sp³-hybridized carbons (Fsp3) is 0.409. The summed E-state index contributed by atoms with van der Waals surface area (Å²) < 4.78 is 19.5. The van der Waals surface area contributed by atoms with E-state index in [1.165, 1.54) is 6.07 Å². The minimum absolute atomic E-state index is 0.00136. The van der Waals surface area contributed by atoms with Crippen LogP contribution in [0.15, 0.2) is 48.5 Å². The molecule has 0 aromatic heterocycles. The molecule has 1 aliphatic heterocycles. The number of rotatable bonds is 8. The van der Waals surface area contributed by atoms with Crippen LogP contribution < -0.4 is 5.32 Å². The first-order chi connectivity index (χ1) is 13.6. The molecule has 28 heavy (non-hydrogen) atoms. The standard InChI is InChI=1S/C22H26ClFN2O2/c23-20-7-4-8-21(24)19(20)15-26-12-9-18(10-13-26)22(27)25-11-14-28-16-17-5-2-1-3-6-17/h1-8,18H,9-16H2,(H,25,27). The molecule has 1 heterocycles. The zero-order valence-electron chi connectivity index (χ0n) is 15.9. The zero-order valence-corrected chi connectivity index (χ0v) is 16.6. The number of carbonyl (C=O) groups excluding carboxylic acids is 1. The third-order valence-electron chi connectivity index (χ3n) is 5.06. The van der Waals surface area contributed by atoms with Crippen molar-refractivity contribution in [2.75, 3.05) is 26.2 Å². The van der Waals surface area contributed by atoms with E-state index in [4.69, 9.17) is 16.3 Å². The molecule has 0 saturated carbocycles. The van der Waals surface area contributed by atoms with Gasteiger partial charge in [-0.1, -0.05) is 48.0 Å². The molecule has 4 nitrogen and oxygen atoms in total. The van der Waals surface area contributed by atoms with Gasteiger partial charge in [-0.05, 0) is 43.6 Å². The maximum Gasteiger partial charge on any atom is 0.223 e. The van der Waals surface area contributed by atoms with E-state index in [1.807, 2.05) is 30.3 Å². The van der Waals surface area contributed by atoms with E-state index in [1.54, 1.807) is 12.1 Å². The largest absolute Gasteiger partial charge is 0.375 e. The third kappa shape index (κ3) is 6.03. The van der Waals surface area contributed by atoms with Gasteiger partial charge in [-0.3, -0.25) is 9.69 Å². The quantitative estimate of drug-likeness (QED) is 0.675. The second kappa shape index (κ2) is 10.6. The average Bonchev–Trinajstić information content (AvgIpc) is 2.72. The molecule has 2 aromatic carbocycles. The van der Waals surface area contributed by atoms with Gasteiger partial charge in [-0.2, -0.15) is 0 Å². The van der Waals surface area contributed by atoms with Crippen LogP contribution in [0.5, 0.6) is 0 Å². The first-order valence-corrected chi connectivity index (χ1v) is 10.1. The maximum absolute atomic E-state index is 13.9. The highest BCUT2D eigenvalue weighted by atomic mass is 35.5. The van der Waals surface area contributed by atoms with Gasteiger partial charge in [0.2, 0.25) is 5.91 Å². The molecule has 0 spiro atoms. The van der Waals surface area contributed by atoms with Crippen LogP contribution in [0.1, 0.15) is 24.0 Å². The van der Waals surface area contributed by atoms with Gasteiger partial charge in [0.15, 0.2) is 0 Å². The first kappa shape index (κ1) is 20.8. The Kier molecular flexibility index (Phi) is 7.83. The second-order valence-corrected chi connectivity index (χ2v) is 7.49. The van der Waals surface area contributed by atoms with E-state index >= 15 is 0 Å². The number of likely N-dealkylation sites (tertiary alicyclic amines) is 1. The van der Waals surface area contributed by atoms with Crippen LogP contribution in [0, 0.1) is 11.7 Å². The molecule has 0 unspecified atom stereocenters. The van der Waals surface area contributed by atoms with E-state index < -0.39 is 0 Å². The monoisotopic (exact) mass is 404 g/mol. The number of halogens is 2. The molecule has 1 saturated heterocycles. The minimum atomic E-state index is -0.275. The summed E-state index contributed by atoms with van der Waals surface area (Å²) >= 11 is 6.11. The minimum Gasteiger partial charge on any atom is -0.375 e. The number of carbonyl (C=O) groups is 1. The summed E-state index contributed by atoms with van der Waals surface area (Å²) in [6.45, 7) is 3.55. The fourth-order valence-electron chi connectivity index (χ4n) is 3.42. The van der Waals surface area contributed by atoms with Crippen LogP contribution in [-0.2, 0) is 22.7 Å². The summed E-state index contributed by atoms with van der Waals surface area (Å²) in [4.78, 5) is 14.5. The van der Waals surface area contributed by atoms with Gasteiger partial charge in [-0.25, -0.2) is 4.39 Å². The van der Waals surface area contributed by atoms with Gasteiger partial charge < -0.3 is 10.1 Å². The Labute approximate surface area is 170 Å². The molecular formula is C22H26ClFN2O2. The number of benzene rings is 2. The summed E-state index contributed by atoms with van der Waals surface area (Å²) in [5, 5.41) is 3.41. The highest BCUT2D eigenvalue weighted by molar-refractivity contribution is 6.31. The zero-order chi connectivity index (χ0) is 19.8. The molecule has 0 atom stereocenters. The number of piperidine rings is 1. The molecule has 2 aromatic rings. The van der Waals surface area contributed by atoms with Crippen molar-refractivity contribution in [3.63, 3.8) is 0 Å². The van der Waals surface area contributed by atoms with Gasteiger partial charge in [0, 0.05) is 29.6 Å². The second-order valence-electron chi connectivity index (χ2n) is 7.08. The summed E-state index contributed by atoms with van der Waals surface area (Å²) in [6, 6.07) is 14.7. The molecule has 1 N–H and O–H groups in total. The van der Waals surface area contributed by atoms with Gasteiger partial charge in [-0.15, -0.1) is 0 Å². The van der Waals surface area contributed by atoms with Crippen LogP contribution in [0.2, 0.25) is 5.02 Å². The molecule has 0 radical (unpaired) electrons. The first-order valence-electron chi connectivity index (χ1n) is 9.68. The smallest absolute Gasteiger partial charge is 0.223 e. The number of nitrogens with zero attached hydrogens (tertiary/aromatic N) is 1. The predicted octanol–water partition coefficient (Wildman–Crippen LogP) is 4.02. The van der Waals surface area contributed by atoms with Crippen LogP contribution in [0.4, 0.5) is 4.39 Å². The van der Waals surface area contributed by atoms with Crippen molar-refractivity contribution in [2.45, 2.75) is 26.0 Å². The number of hydrogen-bond donors (Lipinski definition) is 1. The van der Waals surface area contributed by atoms with Crippen molar-refractivity contribution in [1.82, 2.24) is 10.2 Å². The Morgan fingerprint density at radius 3 is 2.61 bits per heavy atom. The molecule has 0 aliphatic carbocycles. The van der Waals surface area contributed by atoms with Gasteiger partial charge in [0.25, 0.3) is 0 Å². The van der Waals surface area contributed by atoms with Crippen LogP contribution in [-0.4, -0.2) is 37.0 Å². The molecule has 3 rings (SSSR count). The predicted molar refractivity (Wildman–Crippen MR) is 109 cm³/mol. The maximum atomic E-state index is 13.9. The number of ether oxygens (including phenoxy) is 1. The third-order valence-corrected chi connectivity index (χ3v) is 5.41. The fourth-order valence-corrected chi connectivity index (χ4v) is 3.64. The van der Waals surface area contributed by atoms with Gasteiger partial charge in [0.1, 0.15) is 5.82 Å². The number of hydrogen-bond acceptors (Lipinski definition) is 3. The SMILES string of the molecule is O=C(NCCOCc1ccccc1)C1CCN(Cc2c(F)cccc2Cl)CC1. The Morgan fingerprint density at radius 1 is 1.14 bits per heavy atom. The molecule has 1 amide bonds. The van der Waals surface area contributed by atoms with E-state index in [0.29, 0.717) is 36.9 Å². The number of amides is 1. The molecule has 1 fully saturated rings. The van der Waals surface area contributed by atoms with Crippen molar-refractivity contribution < 1.29 is 13.9 Å². The van der Waals surface area contributed by atoms with E-state index in [2.05, 4.69) is 10.2 Å². The van der Waals surface area contributed by atoms with Crippen molar-refractivity contribution in [3.8, 4) is 0 Å². The highest BCUT2D eigenvalue weighted by Gasteiger charge is 2.25. The Morgan fingerprint density at radius 2 is 1.89 bits per heavy atom. The molecule has 150 valence electrons. The Hall–Kier alpha value is -1.95. The van der Waals surface area contributed by atoms with Crippen LogP contribution in [0.25, 0.3) is 0 Å². The summed E-state index contributed by atoms with van der Waals surface area (Å²) in [6.07, 6.45) is 1.53. The van der Waals surface area contributed by atoms with Crippen molar-refractivity contribution in [2.24, 2.45) is 5.92 Å². The van der Waals surface area contributed by atoms with E-state index in [-0.39, 0.29) is 17.6 Å². The van der Waals surface area contributed by atoms with Crippen molar-refractivity contribution >= 4 is 17.5 Å². The Bertz CT molecular complexity index is 744. The van der Waals surface area contributed by atoms with Crippen molar-refractivity contribution in [3.05, 3.63) is 70.5 Å². The van der Waals surface area contributed by atoms with Crippen LogP contribution >= 0.6 is 11.6 Å². The molecule has 1 aliphatic rings. The normalized spacial score (nSPS) is 15.5.